The Morgan fingerprint density at radius 1 is 1.05 bits per heavy atom. The van der Waals surface area contributed by atoms with E-state index in [0.29, 0.717) is 57.4 Å². The number of carbonyl (C=O) groups excluding carboxylic acids is 1. The van der Waals surface area contributed by atoms with Gasteiger partial charge in [-0.3, -0.25) is 19.7 Å². The molecule has 4 aromatic rings. The van der Waals surface area contributed by atoms with Gasteiger partial charge in [0.25, 0.3) is 5.56 Å². The SMILES string of the molecule is CNc1ncc2cc(-c3cc(OC)cc(OC)c3Cl)c(=O)n(CCc3ccc(NC(=O)OC(C)(C)C)cn3)c2n1. The number of nitrogens with zero attached hydrogens (tertiary/aromatic N) is 4. The molecule has 0 aliphatic rings. The zero-order valence-corrected chi connectivity index (χ0v) is 23.9. The number of methoxy groups -OCH3 is 2. The van der Waals surface area contributed by atoms with Gasteiger partial charge in [-0.15, -0.1) is 0 Å². The normalized spacial score (nSPS) is 11.3. The first kappa shape index (κ1) is 28.6. The summed E-state index contributed by atoms with van der Waals surface area (Å²) in [4.78, 5) is 39.3. The van der Waals surface area contributed by atoms with E-state index in [-0.39, 0.29) is 17.1 Å². The highest BCUT2D eigenvalue weighted by Crippen LogP contribution is 2.38. The molecule has 1 amide bonds. The Morgan fingerprint density at radius 2 is 1.82 bits per heavy atom. The van der Waals surface area contributed by atoms with Crippen LogP contribution in [0.15, 0.2) is 47.5 Å². The average Bonchev–Trinajstić information content (AvgIpc) is 2.92. The number of hydrogen-bond donors (Lipinski definition) is 2. The van der Waals surface area contributed by atoms with Crippen LogP contribution in [0.4, 0.5) is 16.4 Å². The average molecular weight is 567 g/mol. The number of nitrogens with one attached hydrogen (secondary N) is 2. The fraction of sp³-hybridized carbons (Fsp3) is 0.321. The van der Waals surface area contributed by atoms with Crippen LogP contribution in [-0.2, 0) is 17.7 Å². The first-order chi connectivity index (χ1) is 19.0. The molecule has 3 heterocycles. The fourth-order valence-electron chi connectivity index (χ4n) is 4.01. The molecule has 0 atom stereocenters. The highest BCUT2D eigenvalue weighted by Gasteiger charge is 2.20. The van der Waals surface area contributed by atoms with E-state index in [1.165, 1.54) is 14.2 Å². The van der Waals surface area contributed by atoms with Crippen LogP contribution in [0, 0.1) is 0 Å². The quantitative estimate of drug-likeness (QED) is 0.297. The van der Waals surface area contributed by atoms with E-state index in [2.05, 4.69) is 25.6 Å². The Labute approximate surface area is 236 Å². The van der Waals surface area contributed by atoms with Crippen molar-refractivity contribution >= 4 is 40.4 Å². The number of fused-ring (bicyclic) bond motifs is 1. The molecule has 3 aromatic heterocycles. The van der Waals surface area contributed by atoms with Crippen LogP contribution in [0.2, 0.25) is 5.02 Å². The summed E-state index contributed by atoms with van der Waals surface area (Å²) in [6.07, 6.45) is 3.04. The number of rotatable bonds is 8. The van der Waals surface area contributed by atoms with Crippen LogP contribution >= 0.6 is 11.6 Å². The van der Waals surface area contributed by atoms with E-state index < -0.39 is 11.7 Å². The van der Waals surface area contributed by atoms with Crippen molar-refractivity contribution in [2.45, 2.75) is 39.3 Å². The van der Waals surface area contributed by atoms with Crippen molar-refractivity contribution in [3.63, 3.8) is 0 Å². The van der Waals surface area contributed by atoms with Gasteiger partial charge in [0, 0.05) is 54.5 Å². The Morgan fingerprint density at radius 3 is 2.45 bits per heavy atom. The molecule has 2 N–H and O–H groups in total. The minimum Gasteiger partial charge on any atom is -0.497 e. The van der Waals surface area contributed by atoms with Crippen LogP contribution < -0.4 is 25.7 Å². The maximum absolute atomic E-state index is 13.9. The van der Waals surface area contributed by atoms with Gasteiger partial charge in [0.2, 0.25) is 5.95 Å². The number of anilines is 2. The summed E-state index contributed by atoms with van der Waals surface area (Å²) in [5.74, 6) is 1.26. The predicted molar refractivity (Wildman–Crippen MR) is 155 cm³/mol. The van der Waals surface area contributed by atoms with Gasteiger partial charge in [-0.2, -0.15) is 4.98 Å². The Balaban J connectivity index is 1.70. The minimum atomic E-state index is -0.612. The Hall–Kier alpha value is -4.38. The number of halogens is 1. The largest absolute Gasteiger partial charge is 0.497 e. The zero-order chi connectivity index (χ0) is 29.0. The monoisotopic (exact) mass is 566 g/mol. The molecule has 0 bridgehead atoms. The molecule has 0 aliphatic heterocycles. The molecule has 1 aromatic carbocycles. The summed E-state index contributed by atoms with van der Waals surface area (Å²) >= 11 is 6.64. The number of aryl methyl sites for hydroxylation is 2. The van der Waals surface area contributed by atoms with Crippen LogP contribution in [-0.4, -0.2) is 52.5 Å². The first-order valence-corrected chi connectivity index (χ1v) is 12.9. The van der Waals surface area contributed by atoms with E-state index in [4.69, 9.17) is 25.8 Å². The van der Waals surface area contributed by atoms with Crippen LogP contribution in [0.3, 0.4) is 0 Å². The smallest absolute Gasteiger partial charge is 0.412 e. The molecule has 12 heteroatoms. The molecule has 0 radical (unpaired) electrons. The summed E-state index contributed by atoms with van der Waals surface area (Å²) in [6, 6.07) is 8.57. The van der Waals surface area contributed by atoms with Crippen molar-refractivity contribution in [1.82, 2.24) is 19.5 Å². The first-order valence-electron chi connectivity index (χ1n) is 12.5. The third-order valence-electron chi connectivity index (χ3n) is 5.87. The van der Waals surface area contributed by atoms with Gasteiger partial charge in [-0.1, -0.05) is 11.6 Å². The number of ether oxygens (including phenoxy) is 3. The lowest BCUT2D eigenvalue weighted by Gasteiger charge is -2.19. The van der Waals surface area contributed by atoms with E-state index in [0.717, 1.165) is 0 Å². The van der Waals surface area contributed by atoms with E-state index in [1.807, 2.05) is 0 Å². The number of carbonyl (C=O) groups is 1. The van der Waals surface area contributed by atoms with Crippen molar-refractivity contribution in [1.29, 1.82) is 0 Å². The highest BCUT2D eigenvalue weighted by molar-refractivity contribution is 6.35. The van der Waals surface area contributed by atoms with Crippen molar-refractivity contribution in [2.24, 2.45) is 0 Å². The lowest BCUT2D eigenvalue weighted by molar-refractivity contribution is 0.0636. The third-order valence-corrected chi connectivity index (χ3v) is 6.26. The second-order valence-electron chi connectivity index (χ2n) is 9.84. The number of benzene rings is 1. The second-order valence-corrected chi connectivity index (χ2v) is 10.2. The van der Waals surface area contributed by atoms with Crippen molar-refractivity contribution < 1.29 is 19.0 Å². The fourth-order valence-corrected chi connectivity index (χ4v) is 4.30. The topological polar surface area (TPSA) is 129 Å². The van der Waals surface area contributed by atoms with Crippen molar-refractivity contribution in [3.8, 4) is 22.6 Å². The molecule has 0 spiro atoms. The number of amides is 1. The molecule has 4 rings (SSSR count). The van der Waals surface area contributed by atoms with Gasteiger partial charge in [0.15, 0.2) is 0 Å². The standard InChI is InChI=1S/C28H31ClN6O5/c1-28(2,3)40-27(37)33-18-8-7-17(31-15-18)9-10-35-24-16(14-32-26(30-4)34-24)11-21(25(35)36)20-12-19(38-5)13-22(39-6)23(20)29/h7-8,11-15H,9-10H2,1-6H3,(H,33,37)(H,30,32,34). The van der Waals surface area contributed by atoms with Gasteiger partial charge in [-0.05, 0) is 45.0 Å². The van der Waals surface area contributed by atoms with E-state index in [9.17, 15) is 9.59 Å². The van der Waals surface area contributed by atoms with Crippen molar-refractivity contribution in [2.75, 3.05) is 31.9 Å². The molecule has 210 valence electrons. The number of hydrogen-bond acceptors (Lipinski definition) is 9. The minimum absolute atomic E-state index is 0.272. The second kappa shape index (κ2) is 11.8. The summed E-state index contributed by atoms with van der Waals surface area (Å²) in [7, 11) is 4.73. The molecule has 11 nitrogen and oxygen atoms in total. The van der Waals surface area contributed by atoms with Gasteiger partial charge < -0.3 is 19.5 Å². The number of pyridine rings is 2. The Kier molecular flexibility index (Phi) is 8.43. The summed E-state index contributed by atoms with van der Waals surface area (Å²) in [5, 5.41) is 6.51. The molecule has 0 aliphatic carbocycles. The summed E-state index contributed by atoms with van der Waals surface area (Å²) in [6.45, 7) is 5.64. The van der Waals surface area contributed by atoms with Gasteiger partial charge in [-0.25, -0.2) is 9.78 Å². The molecule has 0 unspecified atom stereocenters. The molecular weight excluding hydrogens is 536 g/mol. The predicted octanol–water partition coefficient (Wildman–Crippen LogP) is 5.16. The Bertz CT molecular complexity index is 1600. The maximum atomic E-state index is 13.9. The van der Waals surface area contributed by atoms with E-state index >= 15 is 0 Å². The van der Waals surface area contributed by atoms with E-state index in [1.54, 1.807) is 75.1 Å². The maximum Gasteiger partial charge on any atom is 0.412 e. The van der Waals surface area contributed by atoms with Crippen molar-refractivity contribution in [3.05, 3.63) is 63.8 Å². The van der Waals surface area contributed by atoms with Crippen LogP contribution in [0.5, 0.6) is 11.5 Å². The molecule has 0 saturated heterocycles. The number of aromatic nitrogens is 4. The highest BCUT2D eigenvalue weighted by atomic mass is 35.5. The molecule has 0 saturated carbocycles. The van der Waals surface area contributed by atoms with Crippen LogP contribution in [0.1, 0.15) is 26.5 Å². The lowest BCUT2D eigenvalue weighted by atomic mass is 10.0. The third kappa shape index (κ3) is 6.42. The lowest BCUT2D eigenvalue weighted by Crippen LogP contribution is -2.27. The molecule has 0 fully saturated rings. The molecule has 40 heavy (non-hydrogen) atoms. The van der Waals surface area contributed by atoms with Gasteiger partial charge >= 0.3 is 6.09 Å². The summed E-state index contributed by atoms with van der Waals surface area (Å²) in [5.41, 5.74) is 1.57. The zero-order valence-electron chi connectivity index (χ0n) is 23.2. The van der Waals surface area contributed by atoms with Crippen LogP contribution in [0.25, 0.3) is 22.2 Å². The van der Waals surface area contributed by atoms with Gasteiger partial charge in [0.05, 0.1) is 31.1 Å². The summed E-state index contributed by atoms with van der Waals surface area (Å²) < 4.78 is 17.7. The molecular formula is C28H31ClN6O5. The van der Waals surface area contributed by atoms with Gasteiger partial charge in [0.1, 0.15) is 22.7 Å².